The standard InChI is InChI=1S/C19H23NO3/c1-2-19(18(22)23,15-6-4-3-5-7-15)12-20-17(21)16-11-13-8-9-14(16)10-13/h3-9,13-14,16H,2,10-12H2,1H3,(H,20,21)(H,22,23). The number of amides is 1. The Labute approximate surface area is 136 Å². The molecule has 0 spiro atoms. The summed E-state index contributed by atoms with van der Waals surface area (Å²) >= 11 is 0. The molecule has 0 heterocycles. The van der Waals surface area contributed by atoms with Crippen LogP contribution in [0.15, 0.2) is 42.5 Å². The molecule has 0 saturated heterocycles. The molecule has 23 heavy (non-hydrogen) atoms. The van der Waals surface area contributed by atoms with Crippen molar-refractivity contribution in [1.29, 1.82) is 0 Å². The van der Waals surface area contributed by atoms with Gasteiger partial charge in [0.05, 0.1) is 0 Å². The Hall–Kier alpha value is -2.10. The fraction of sp³-hybridized carbons (Fsp3) is 0.474. The summed E-state index contributed by atoms with van der Waals surface area (Å²) in [5, 5.41) is 12.7. The van der Waals surface area contributed by atoms with Gasteiger partial charge in [-0.3, -0.25) is 9.59 Å². The topological polar surface area (TPSA) is 66.4 Å². The van der Waals surface area contributed by atoms with E-state index in [1.807, 2.05) is 37.3 Å². The quantitative estimate of drug-likeness (QED) is 0.794. The molecule has 0 radical (unpaired) electrons. The number of hydrogen-bond donors (Lipinski definition) is 2. The van der Waals surface area contributed by atoms with Crippen LogP contribution in [-0.4, -0.2) is 23.5 Å². The van der Waals surface area contributed by atoms with Crippen LogP contribution in [0.2, 0.25) is 0 Å². The SMILES string of the molecule is CCC(CNC(=O)C1CC2C=CC1C2)(C(=O)O)c1ccccc1. The van der Waals surface area contributed by atoms with E-state index < -0.39 is 11.4 Å². The van der Waals surface area contributed by atoms with E-state index in [0.717, 1.165) is 18.4 Å². The van der Waals surface area contributed by atoms with Gasteiger partial charge in [-0.05, 0) is 36.7 Å². The largest absolute Gasteiger partial charge is 0.481 e. The molecule has 2 aliphatic rings. The van der Waals surface area contributed by atoms with Crippen molar-refractivity contribution < 1.29 is 14.7 Å². The summed E-state index contributed by atoms with van der Waals surface area (Å²) in [6.45, 7) is 1.99. The normalized spacial score (nSPS) is 27.6. The van der Waals surface area contributed by atoms with Crippen molar-refractivity contribution >= 4 is 11.9 Å². The molecule has 1 saturated carbocycles. The second-order valence-corrected chi connectivity index (χ2v) is 6.71. The summed E-state index contributed by atoms with van der Waals surface area (Å²) < 4.78 is 0. The van der Waals surface area contributed by atoms with E-state index in [1.165, 1.54) is 0 Å². The van der Waals surface area contributed by atoms with Gasteiger partial charge in [-0.25, -0.2) is 0 Å². The maximum atomic E-state index is 12.5. The van der Waals surface area contributed by atoms with Gasteiger partial charge in [-0.1, -0.05) is 49.4 Å². The van der Waals surface area contributed by atoms with Crippen LogP contribution in [0.25, 0.3) is 0 Å². The second kappa shape index (κ2) is 6.19. The summed E-state index contributed by atoms with van der Waals surface area (Å²) in [6.07, 6.45) is 6.73. The van der Waals surface area contributed by atoms with Gasteiger partial charge < -0.3 is 10.4 Å². The summed E-state index contributed by atoms with van der Waals surface area (Å²) in [5.74, 6) is -0.0295. The number of carboxylic acids is 1. The highest BCUT2D eigenvalue weighted by molar-refractivity contribution is 5.84. The molecule has 1 aromatic carbocycles. The lowest BCUT2D eigenvalue weighted by Crippen LogP contribution is -2.48. The molecule has 4 atom stereocenters. The fourth-order valence-electron chi connectivity index (χ4n) is 3.99. The molecule has 0 aromatic heterocycles. The van der Waals surface area contributed by atoms with Crippen LogP contribution in [0.5, 0.6) is 0 Å². The molecule has 1 aromatic rings. The monoisotopic (exact) mass is 313 g/mol. The zero-order chi connectivity index (χ0) is 16.4. The van der Waals surface area contributed by atoms with E-state index >= 15 is 0 Å². The number of benzene rings is 1. The predicted octanol–water partition coefficient (Wildman–Crippen LogP) is 2.75. The first kappa shape index (κ1) is 15.8. The number of carbonyl (C=O) groups excluding carboxylic acids is 1. The van der Waals surface area contributed by atoms with Gasteiger partial charge in [0, 0.05) is 12.5 Å². The van der Waals surface area contributed by atoms with Crippen molar-refractivity contribution in [2.75, 3.05) is 6.54 Å². The van der Waals surface area contributed by atoms with Gasteiger partial charge in [0.1, 0.15) is 5.41 Å². The Balaban J connectivity index is 1.73. The molecule has 122 valence electrons. The minimum Gasteiger partial charge on any atom is -0.481 e. The third-order valence-electron chi connectivity index (χ3n) is 5.52. The number of allylic oxidation sites excluding steroid dienone is 2. The van der Waals surface area contributed by atoms with Crippen LogP contribution in [0.1, 0.15) is 31.7 Å². The van der Waals surface area contributed by atoms with Crippen LogP contribution in [0.3, 0.4) is 0 Å². The van der Waals surface area contributed by atoms with E-state index in [-0.39, 0.29) is 18.4 Å². The van der Waals surface area contributed by atoms with E-state index in [9.17, 15) is 14.7 Å². The molecule has 4 unspecified atom stereocenters. The first-order valence-electron chi connectivity index (χ1n) is 8.32. The minimum atomic E-state index is -1.07. The Morgan fingerprint density at radius 1 is 1.22 bits per heavy atom. The second-order valence-electron chi connectivity index (χ2n) is 6.71. The van der Waals surface area contributed by atoms with Gasteiger partial charge in [0.15, 0.2) is 0 Å². The number of carbonyl (C=O) groups is 2. The van der Waals surface area contributed by atoms with Crippen LogP contribution in [0, 0.1) is 17.8 Å². The van der Waals surface area contributed by atoms with Crippen molar-refractivity contribution in [3.8, 4) is 0 Å². The molecule has 1 fully saturated rings. The van der Waals surface area contributed by atoms with Crippen molar-refractivity contribution in [2.45, 2.75) is 31.6 Å². The van der Waals surface area contributed by atoms with Crippen LogP contribution in [-0.2, 0) is 15.0 Å². The molecule has 4 nitrogen and oxygen atoms in total. The van der Waals surface area contributed by atoms with E-state index in [2.05, 4.69) is 17.5 Å². The number of hydrogen-bond acceptors (Lipinski definition) is 2. The van der Waals surface area contributed by atoms with Gasteiger partial charge in [0.2, 0.25) is 5.91 Å². The summed E-state index contributed by atoms with van der Waals surface area (Å²) in [7, 11) is 0. The molecule has 2 N–H and O–H groups in total. The average molecular weight is 313 g/mol. The zero-order valence-corrected chi connectivity index (χ0v) is 13.4. The van der Waals surface area contributed by atoms with Crippen LogP contribution < -0.4 is 5.32 Å². The van der Waals surface area contributed by atoms with Gasteiger partial charge >= 0.3 is 5.97 Å². The van der Waals surface area contributed by atoms with E-state index in [4.69, 9.17) is 0 Å². The minimum absolute atomic E-state index is 0.00291. The Morgan fingerprint density at radius 2 is 1.96 bits per heavy atom. The molecule has 0 aliphatic heterocycles. The third-order valence-corrected chi connectivity index (χ3v) is 5.52. The lowest BCUT2D eigenvalue weighted by molar-refractivity contribution is -0.144. The summed E-state index contributed by atoms with van der Waals surface area (Å²) in [4.78, 5) is 24.5. The van der Waals surface area contributed by atoms with Gasteiger partial charge in [0.25, 0.3) is 0 Å². The molecule has 2 aliphatic carbocycles. The molecule has 4 heteroatoms. The first-order chi connectivity index (χ1) is 11.1. The fourth-order valence-corrected chi connectivity index (χ4v) is 3.99. The Bertz CT molecular complexity index is 625. The maximum absolute atomic E-state index is 12.5. The lowest BCUT2D eigenvalue weighted by Gasteiger charge is -2.30. The molecular weight excluding hydrogens is 290 g/mol. The summed E-state index contributed by atoms with van der Waals surface area (Å²) in [5.41, 5.74) is -0.326. The number of aliphatic carboxylic acids is 1. The van der Waals surface area contributed by atoms with Gasteiger partial charge in [-0.15, -0.1) is 0 Å². The Morgan fingerprint density at radius 3 is 2.48 bits per heavy atom. The van der Waals surface area contributed by atoms with Crippen LogP contribution >= 0.6 is 0 Å². The zero-order valence-electron chi connectivity index (χ0n) is 13.4. The smallest absolute Gasteiger partial charge is 0.315 e. The van der Waals surface area contributed by atoms with Crippen molar-refractivity contribution in [2.24, 2.45) is 17.8 Å². The summed E-state index contributed by atoms with van der Waals surface area (Å²) in [6, 6.07) is 9.19. The van der Waals surface area contributed by atoms with Crippen molar-refractivity contribution in [3.63, 3.8) is 0 Å². The Kier molecular flexibility index (Phi) is 4.24. The highest BCUT2D eigenvalue weighted by Crippen LogP contribution is 2.43. The van der Waals surface area contributed by atoms with Crippen molar-refractivity contribution in [3.05, 3.63) is 48.0 Å². The number of carboxylic acid groups (broad SMARTS) is 1. The van der Waals surface area contributed by atoms with Gasteiger partial charge in [-0.2, -0.15) is 0 Å². The number of nitrogens with one attached hydrogen (secondary N) is 1. The predicted molar refractivity (Wildman–Crippen MR) is 87.9 cm³/mol. The highest BCUT2D eigenvalue weighted by Gasteiger charge is 2.42. The molecule has 1 amide bonds. The van der Waals surface area contributed by atoms with E-state index in [0.29, 0.717) is 18.3 Å². The first-order valence-corrected chi connectivity index (χ1v) is 8.32. The van der Waals surface area contributed by atoms with E-state index in [1.54, 1.807) is 0 Å². The molecule has 2 bridgehead atoms. The molecular formula is C19H23NO3. The average Bonchev–Trinajstić information content (AvgIpc) is 3.19. The maximum Gasteiger partial charge on any atom is 0.315 e. The lowest BCUT2D eigenvalue weighted by atomic mass is 9.77. The van der Waals surface area contributed by atoms with Crippen molar-refractivity contribution in [1.82, 2.24) is 5.32 Å². The third kappa shape index (κ3) is 2.78. The molecule has 3 rings (SSSR count). The number of rotatable bonds is 6. The highest BCUT2D eigenvalue weighted by atomic mass is 16.4. The number of fused-ring (bicyclic) bond motifs is 2. The van der Waals surface area contributed by atoms with Crippen LogP contribution in [0.4, 0.5) is 0 Å².